The molecule has 2 aromatic rings. The first-order valence-electron chi connectivity index (χ1n) is 7.43. The first-order valence-corrected chi connectivity index (χ1v) is 8.87. The van der Waals surface area contributed by atoms with Crippen LogP contribution in [0.1, 0.15) is 11.1 Å². The number of methoxy groups -OCH3 is 1. The molecule has 7 heteroatoms. The van der Waals surface area contributed by atoms with Crippen molar-refractivity contribution in [3.63, 3.8) is 0 Å². The summed E-state index contributed by atoms with van der Waals surface area (Å²) in [4.78, 5) is 0.250. The first kappa shape index (κ1) is 16.8. The fourth-order valence-electron chi connectivity index (χ4n) is 2.52. The Morgan fingerprint density at radius 1 is 1.08 bits per heavy atom. The van der Waals surface area contributed by atoms with Crippen LogP contribution in [0.4, 0.5) is 0 Å². The van der Waals surface area contributed by atoms with E-state index in [9.17, 15) is 8.42 Å². The Balaban J connectivity index is 1.80. The number of rotatable bonds is 6. The minimum atomic E-state index is -3.59. The second-order valence-corrected chi connectivity index (χ2v) is 7.57. The minimum Gasteiger partial charge on any atom is -0.454 e. The highest BCUT2D eigenvalue weighted by Crippen LogP contribution is 2.33. The van der Waals surface area contributed by atoms with Gasteiger partial charge in [-0.3, -0.25) is 0 Å². The van der Waals surface area contributed by atoms with Crippen LogP contribution in [0.5, 0.6) is 11.5 Å². The number of hydrogen-bond acceptors (Lipinski definition) is 5. The predicted molar refractivity (Wildman–Crippen MR) is 88.4 cm³/mol. The summed E-state index contributed by atoms with van der Waals surface area (Å²) in [6.45, 7) is 0.807. The summed E-state index contributed by atoms with van der Waals surface area (Å²) in [5, 5.41) is 0. The summed E-state index contributed by atoms with van der Waals surface area (Å²) in [6, 6.07) is 12.2. The predicted octanol–water partition coefficient (Wildman–Crippen LogP) is 2.38. The summed E-state index contributed by atoms with van der Waals surface area (Å²) in [5.41, 5.74) is 1.65. The Morgan fingerprint density at radius 2 is 1.88 bits per heavy atom. The van der Waals surface area contributed by atoms with Gasteiger partial charge >= 0.3 is 0 Å². The number of benzene rings is 2. The van der Waals surface area contributed by atoms with E-state index < -0.39 is 10.0 Å². The summed E-state index contributed by atoms with van der Waals surface area (Å²) >= 11 is 0. The highest BCUT2D eigenvalue weighted by atomic mass is 32.2. The maximum absolute atomic E-state index is 12.8. The third kappa shape index (κ3) is 3.38. The second kappa shape index (κ2) is 6.80. The molecule has 0 amide bonds. The highest BCUT2D eigenvalue weighted by Gasteiger charge is 2.22. The Morgan fingerprint density at radius 3 is 2.67 bits per heavy atom. The van der Waals surface area contributed by atoms with Crippen molar-refractivity contribution >= 4 is 10.0 Å². The highest BCUT2D eigenvalue weighted by molar-refractivity contribution is 7.89. The van der Waals surface area contributed by atoms with Crippen LogP contribution in [0.2, 0.25) is 0 Å². The van der Waals surface area contributed by atoms with Crippen molar-refractivity contribution in [3.8, 4) is 11.5 Å². The molecule has 0 bridgehead atoms. The second-order valence-electron chi connectivity index (χ2n) is 5.53. The lowest BCUT2D eigenvalue weighted by molar-refractivity contribution is 0.174. The van der Waals surface area contributed by atoms with Crippen molar-refractivity contribution < 1.29 is 22.6 Å². The quantitative estimate of drug-likeness (QED) is 0.801. The molecule has 3 rings (SSSR count). The number of sulfonamides is 1. The van der Waals surface area contributed by atoms with Crippen LogP contribution in [0.15, 0.2) is 47.4 Å². The van der Waals surface area contributed by atoms with Gasteiger partial charge in [-0.1, -0.05) is 18.2 Å². The van der Waals surface area contributed by atoms with Gasteiger partial charge in [-0.2, -0.15) is 4.31 Å². The van der Waals surface area contributed by atoms with Crippen LogP contribution in [0.25, 0.3) is 0 Å². The topological polar surface area (TPSA) is 65.1 Å². The van der Waals surface area contributed by atoms with E-state index in [0.717, 1.165) is 11.1 Å². The van der Waals surface area contributed by atoms with E-state index in [1.807, 2.05) is 12.1 Å². The van der Waals surface area contributed by atoms with Gasteiger partial charge in [0.1, 0.15) is 0 Å². The molecular formula is C17H19NO5S. The van der Waals surface area contributed by atoms with Gasteiger partial charge in [-0.05, 0) is 35.4 Å². The molecule has 128 valence electrons. The molecule has 24 heavy (non-hydrogen) atoms. The molecule has 0 spiro atoms. The van der Waals surface area contributed by atoms with Gasteiger partial charge in [0, 0.05) is 20.7 Å². The molecule has 1 heterocycles. The molecule has 2 aromatic carbocycles. The lowest BCUT2D eigenvalue weighted by Crippen LogP contribution is -2.26. The molecule has 0 fully saturated rings. The zero-order valence-corrected chi connectivity index (χ0v) is 14.4. The molecule has 6 nitrogen and oxygen atoms in total. The molecule has 0 saturated heterocycles. The average Bonchev–Trinajstić information content (AvgIpc) is 3.03. The number of fused-ring (bicyclic) bond motifs is 1. The Kier molecular flexibility index (Phi) is 4.75. The lowest BCUT2D eigenvalue weighted by Gasteiger charge is -2.18. The van der Waals surface area contributed by atoms with Gasteiger partial charge in [0.2, 0.25) is 16.8 Å². The molecule has 1 aliphatic heterocycles. The fraction of sp³-hybridized carbons (Fsp3) is 0.294. The van der Waals surface area contributed by atoms with E-state index in [2.05, 4.69) is 0 Å². The van der Waals surface area contributed by atoms with E-state index in [1.165, 1.54) is 4.31 Å². The van der Waals surface area contributed by atoms with Crippen LogP contribution < -0.4 is 9.47 Å². The van der Waals surface area contributed by atoms with Gasteiger partial charge in [0.05, 0.1) is 11.5 Å². The van der Waals surface area contributed by atoms with Crippen molar-refractivity contribution in [3.05, 3.63) is 53.6 Å². The van der Waals surface area contributed by atoms with E-state index >= 15 is 0 Å². The summed E-state index contributed by atoms with van der Waals surface area (Å²) in [5.74, 6) is 1.32. The largest absolute Gasteiger partial charge is 0.454 e. The van der Waals surface area contributed by atoms with Crippen molar-refractivity contribution in [1.29, 1.82) is 0 Å². The SMILES string of the molecule is COCc1cccc(S(=O)(=O)N(C)Cc2ccc3c(c2)OCO3)c1. The zero-order chi connectivity index (χ0) is 17.2. The molecule has 0 aliphatic carbocycles. The molecular weight excluding hydrogens is 330 g/mol. The fourth-order valence-corrected chi connectivity index (χ4v) is 3.75. The van der Waals surface area contributed by atoms with Gasteiger partial charge in [-0.25, -0.2) is 8.42 Å². The molecule has 0 saturated carbocycles. The lowest BCUT2D eigenvalue weighted by atomic mass is 10.2. The summed E-state index contributed by atoms with van der Waals surface area (Å²) in [7, 11) is -0.452. The number of hydrogen-bond donors (Lipinski definition) is 0. The van der Waals surface area contributed by atoms with E-state index in [0.29, 0.717) is 18.1 Å². The maximum atomic E-state index is 12.8. The monoisotopic (exact) mass is 349 g/mol. The minimum absolute atomic E-state index is 0.194. The van der Waals surface area contributed by atoms with Crippen LogP contribution in [0, 0.1) is 0 Å². The maximum Gasteiger partial charge on any atom is 0.243 e. The van der Waals surface area contributed by atoms with E-state index in [1.54, 1.807) is 44.5 Å². The average molecular weight is 349 g/mol. The molecule has 1 aliphatic rings. The standard InChI is InChI=1S/C17H19NO5S/c1-18(10-13-6-7-16-17(9-13)23-12-22-16)24(19,20)15-5-3-4-14(8-15)11-21-2/h3-9H,10-12H2,1-2H3. The van der Waals surface area contributed by atoms with Crippen molar-refractivity contribution in [2.45, 2.75) is 18.0 Å². The molecule has 0 atom stereocenters. The van der Waals surface area contributed by atoms with Crippen LogP contribution in [-0.4, -0.2) is 33.7 Å². The van der Waals surface area contributed by atoms with Crippen molar-refractivity contribution in [2.75, 3.05) is 21.0 Å². The van der Waals surface area contributed by atoms with E-state index in [4.69, 9.17) is 14.2 Å². The van der Waals surface area contributed by atoms with Gasteiger partial charge in [0.25, 0.3) is 0 Å². The Bertz CT molecular complexity index is 835. The number of ether oxygens (including phenoxy) is 3. The molecule has 0 unspecified atom stereocenters. The molecule has 0 radical (unpaired) electrons. The smallest absolute Gasteiger partial charge is 0.243 e. The summed E-state index contributed by atoms with van der Waals surface area (Å²) < 4.78 is 42.5. The Labute approximate surface area is 141 Å². The summed E-state index contributed by atoms with van der Waals surface area (Å²) in [6.07, 6.45) is 0. The molecule has 0 aromatic heterocycles. The third-order valence-electron chi connectivity index (χ3n) is 3.76. The van der Waals surface area contributed by atoms with Crippen LogP contribution >= 0.6 is 0 Å². The van der Waals surface area contributed by atoms with Gasteiger partial charge < -0.3 is 14.2 Å². The van der Waals surface area contributed by atoms with Crippen LogP contribution in [0.3, 0.4) is 0 Å². The zero-order valence-electron chi connectivity index (χ0n) is 13.6. The van der Waals surface area contributed by atoms with Crippen molar-refractivity contribution in [2.24, 2.45) is 0 Å². The number of nitrogens with zero attached hydrogens (tertiary/aromatic N) is 1. The van der Waals surface area contributed by atoms with Crippen molar-refractivity contribution in [1.82, 2.24) is 4.31 Å². The van der Waals surface area contributed by atoms with Gasteiger partial charge in [0.15, 0.2) is 11.5 Å². The Hall–Kier alpha value is -2.09. The van der Waals surface area contributed by atoms with Gasteiger partial charge in [-0.15, -0.1) is 0 Å². The first-order chi connectivity index (χ1) is 11.5. The van der Waals surface area contributed by atoms with E-state index in [-0.39, 0.29) is 18.2 Å². The normalized spacial score (nSPS) is 13.5. The molecule has 0 N–H and O–H groups in total. The van der Waals surface area contributed by atoms with Crippen LogP contribution in [-0.2, 0) is 27.9 Å². The third-order valence-corrected chi connectivity index (χ3v) is 5.56.